The second-order valence-electron chi connectivity index (χ2n) is 4.92. The number of nitrogens with zero attached hydrogens (tertiary/aromatic N) is 1. The maximum atomic E-state index is 12.4. The van der Waals surface area contributed by atoms with Gasteiger partial charge in [0.2, 0.25) is 0 Å². The molecule has 1 aromatic heterocycles. The van der Waals surface area contributed by atoms with Gasteiger partial charge < -0.3 is 9.67 Å². The third kappa shape index (κ3) is 2.37. The highest BCUT2D eigenvalue weighted by Crippen LogP contribution is 2.18. The molecule has 0 spiro atoms. The number of benzene rings is 1. The van der Waals surface area contributed by atoms with E-state index in [0.29, 0.717) is 5.56 Å². The summed E-state index contributed by atoms with van der Waals surface area (Å²) in [6.07, 6.45) is 1.72. The van der Waals surface area contributed by atoms with Crippen molar-refractivity contribution in [1.82, 2.24) is 4.57 Å². The fraction of sp³-hybridized carbons (Fsp3) is 0.250. The highest BCUT2D eigenvalue weighted by Gasteiger charge is 2.19. The van der Waals surface area contributed by atoms with Crippen LogP contribution in [0.4, 0.5) is 0 Å². The highest BCUT2D eigenvalue weighted by molar-refractivity contribution is 5.89. The van der Waals surface area contributed by atoms with E-state index < -0.39 is 11.5 Å². The minimum Gasteiger partial charge on any atom is -0.477 e. The van der Waals surface area contributed by atoms with Gasteiger partial charge in [-0.15, -0.1) is 0 Å². The topological polar surface area (TPSA) is 59.3 Å². The average Bonchev–Trinajstić information content (AvgIpc) is 2.43. The summed E-state index contributed by atoms with van der Waals surface area (Å²) in [5, 5.41) is 9.23. The molecule has 4 nitrogen and oxygen atoms in total. The maximum absolute atomic E-state index is 12.4. The molecule has 1 atom stereocenters. The SMILES string of the molecule is Cc1cn(C(C)c2ccccc2)c(=O)c(C(=O)O)c1C. The van der Waals surface area contributed by atoms with E-state index in [1.807, 2.05) is 44.2 Å². The van der Waals surface area contributed by atoms with E-state index in [1.165, 1.54) is 4.57 Å². The van der Waals surface area contributed by atoms with Crippen LogP contribution in [0.25, 0.3) is 0 Å². The van der Waals surface area contributed by atoms with Gasteiger partial charge in [-0.25, -0.2) is 4.79 Å². The molecule has 0 saturated carbocycles. The van der Waals surface area contributed by atoms with Crippen LogP contribution in [0.5, 0.6) is 0 Å². The number of aromatic nitrogens is 1. The van der Waals surface area contributed by atoms with E-state index in [4.69, 9.17) is 0 Å². The van der Waals surface area contributed by atoms with Crippen molar-refractivity contribution in [1.29, 1.82) is 0 Å². The van der Waals surface area contributed by atoms with Crippen LogP contribution in [-0.4, -0.2) is 15.6 Å². The summed E-state index contributed by atoms with van der Waals surface area (Å²) >= 11 is 0. The smallest absolute Gasteiger partial charge is 0.341 e. The Morgan fingerprint density at radius 3 is 2.35 bits per heavy atom. The van der Waals surface area contributed by atoms with Crippen LogP contribution >= 0.6 is 0 Å². The van der Waals surface area contributed by atoms with Crippen molar-refractivity contribution in [3.05, 3.63) is 69.1 Å². The number of hydrogen-bond acceptors (Lipinski definition) is 2. The van der Waals surface area contributed by atoms with E-state index in [1.54, 1.807) is 13.1 Å². The van der Waals surface area contributed by atoms with Crippen molar-refractivity contribution in [2.45, 2.75) is 26.8 Å². The van der Waals surface area contributed by atoms with Gasteiger partial charge in [-0.2, -0.15) is 0 Å². The molecular weight excluding hydrogens is 254 g/mol. The molecule has 104 valence electrons. The fourth-order valence-corrected chi connectivity index (χ4v) is 2.28. The lowest BCUT2D eigenvalue weighted by atomic mass is 10.0. The van der Waals surface area contributed by atoms with Crippen molar-refractivity contribution in [2.24, 2.45) is 0 Å². The lowest BCUT2D eigenvalue weighted by Crippen LogP contribution is -2.30. The zero-order valence-corrected chi connectivity index (χ0v) is 11.8. The first-order valence-electron chi connectivity index (χ1n) is 6.44. The van der Waals surface area contributed by atoms with Crippen molar-refractivity contribution < 1.29 is 9.90 Å². The summed E-state index contributed by atoms with van der Waals surface area (Å²) in [5.74, 6) is -1.18. The predicted octanol–water partition coefficient (Wildman–Crippen LogP) is 2.77. The van der Waals surface area contributed by atoms with Gasteiger partial charge in [-0.3, -0.25) is 4.79 Å². The highest BCUT2D eigenvalue weighted by atomic mass is 16.4. The summed E-state index contributed by atoms with van der Waals surface area (Å²) < 4.78 is 1.49. The third-order valence-electron chi connectivity index (χ3n) is 3.66. The van der Waals surface area contributed by atoms with Gasteiger partial charge in [-0.05, 0) is 37.5 Å². The van der Waals surface area contributed by atoms with Crippen molar-refractivity contribution >= 4 is 5.97 Å². The normalized spacial score (nSPS) is 12.2. The largest absolute Gasteiger partial charge is 0.477 e. The quantitative estimate of drug-likeness (QED) is 0.933. The maximum Gasteiger partial charge on any atom is 0.341 e. The molecule has 4 heteroatoms. The lowest BCUT2D eigenvalue weighted by Gasteiger charge is -2.18. The van der Waals surface area contributed by atoms with Gasteiger partial charge in [-0.1, -0.05) is 30.3 Å². The summed E-state index contributed by atoms with van der Waals surface area (Å²) in [4.78, 5) is 23.7. The Labute approximate surface area is 117 Å². The lowest BCUT2D eigenvalue weighted by molar-refractivity contribution is 0.0693. The fourth-order valence-electron chi connectivity index (χ4n) is 2.28. The van der Waals surface area contributed by atoms with E-state index in [-0.39, 0.29) is 11.6 Å². The molecule has 0 fully saturated rings. The molecule has 1 heterocycles. The van der Waals surface area contributed by atoms with Crippen molar-refractivity contribution in [3.63, 3.8) is 0 Å². The number of carbonyl (C=O) groups is 1. The van der Waals surface area contributed by atoms with Gasteiger partial charge in [0.05, 0.1) is 6.04 Å². The Balaban J connectivity index is 2.65. The monoisotopic (exact) mass is 271 g/mol. The molecule has 0 aliphatic rings. The molecular formula is C16H17NO3. The summed E-state index contributed by atoms with van der Waals surface area (Å²) in [7, 11) is 0. The van der Waals surface area contributed by atoms with Crippen LogP contribution < -0.4 is 5.56 Å². The van der Waals surface area contributed by atoms with Crippen molar-refractivity contribution in [2.75, 3.05) is 0 Å². The number of aromatic carboxylic acids is 1. The van der Waals surface area contributed by atoms with Gasteiger partial charge in [0.1, 0.15) is 5.56 Å². The number of rotatable bonds is 3. The first kappa shape index (κ1) is 14.1. The average molecular weight is 271 g/mol. The molecule has 20 heavy (non-hydrogen) atoms. The first-order valence-corrected chi connectivity index (χ1v) is 6.44. The van der Waals surface area contributed by atoms with Crippen LogP contribution in [0.15, 0.2) is 41.3 Å². The molecule has 0 amide bonds. The van der Waals surface area contributed by atoms with Gasteiger partial charge in [0.15, 0.2) is 0 Å². The minimum atomic E-state index is -1.18. The number of hydrogen-bond donors (Lipinski definition) is 1. The first-order chi connectivity index (χ1) is 9.43. The van der Waals surface area contributed by atoms with Crippen LogP contribution in [0, 0.1) is 13.8 Å². The van der Waals surface area contributed by atoms with E-state index >= 15 is 0 Å². The molecule has 0 aliphatic carbocycles. The summed E-state index contributed by atoms with van der Waals surface area (Å²) in [6.45, 7) is 5.37. The Bertz CT molecular complexity index is 702. The molecule has 0 bridgehead atoms. The molecule has 1 N–H and O–H groups in total. The van der Waals surface area contributed by atoms with Gasteiger partial charge in [0, 0.05) is 6.20 Å². The van der Waals surface area contributed by atoms with E-state index in [0.717, 1.165) is 11.1 Å². The Morgan fingerprint density at radius 1 is 1.20 bits per heavy atom. The van der Waals surface area contributed by atoms with Crippen LogP contribution in [0.3, 0.4) is 0 Å². The van der Waals surface area contributed by atoms with Gasteiger partial charge in [0.25, 0.3) is 5.56 Å². The van der Waals surface area contributed by atoms with Crippen LogP contribution in [0.2, 0.25) is 0 Å². The molecule has 1 unspecified atom stereocenters. The van der Waals surface area contributed by atoms with E-state index in [2.05, 4.69) is 0 Å². The van der Waals surface area contributed by atoms with E-state index in [9.17, 15) is 14.7 Å². The Morgan fingerprint density at radius 2 is 1.80 bits per heavy atom. The second kappa shape index (κ2) is 5.33. The molecule has 1 aromatic carbocycles. The number of carboxylic acid groups (broad SMARTS) is 1. The van der Waals surface area contributed by atoms with Crippen LogP contribution in [-0.2, 0) is 0 Å². The molecule has 0 aliphatic heterocycles. The number of aryl methyl sites for hydroxylation is 1. The molecule has 0 radical (unpaired) electrons. The second-order valence-corrected chi connectivity index (χ2v) is 4.92. The standard InChI is InChI=1S/C16H17NO3/c1-10-9-17(12(3)13-7-5-4-6-8-13)15(18)14(11(10)2)16(19)20/h4-9,12H,1-3H3,(H,19,20). The van der Waals surface area contributed by atoms with Crippen molar-refractivity contribution in [3.8, 4) is 0 Å². The summed E-state index contributed by atoms with van der Waals surface area (Å²) in [6, 6.07) is 9.34. The van der Waals surface area contributed by atoms with Crippen LogP contribution in [0.1, 0.15) is 40.0 Å². The number of carboxylic acids is 1. The molecule has 2 aromatic rings. The summed E-state index contributed by atoms with van der Waals surface area (Å²) in [5.41, 5.74) is 1.68. The Kier molecular flexibility index (Phi) is 3.74. The number of pyridine rings is 1. The third-order valence-corrected chi connectivity index (χ3v) is 3.66. The molecule has 2 rings (SSSR count). The minimum absolute atomic E-state index is 0.146. The zero-order chi connectivity index (χ0) is 14.9. The zero-order valence-electron chi connectivity index (χ0n) is 11.8. The predicted molar refractivity (Wildman–Crippen MR) is 77.4 cm³/mol. The van der Waals surface area contributed by atoms with Gasteiger partial charge >= 0.3 is 5.97 Å². The Hall–Kier alpha value is -2.36. The molecule has 0 saturated heterocycles.